The molecule has 27 heavy (non-hydrogen) atoms. The van der Waals surface area contributed by atoms with Crippen molar-refractivity contribution in [2.75, 3.05) is 13.1 Å². The lowest BCUT2D eigenvalue weighted by atomic mass is 9.97. The van der Waals surface area contributed by atoms with Gasteiger partial charge in [0.1, 0.15) is 4.90 Å². The normalized spacial score (nSPS) is 16.4. The van der Waals surface area contributed by atoms with Crippen LogP contribution in [0.5, 0.6) is 0 Å². The Morgan fingerprint density at radius 1 is 1.26 bits per heavy atom. The molecule has 2 N–H and O–H groups in total. The quantitative estimate of drug-likeness (QED) is 0.817. The van der Waals surface area contributed by atoms with Gasteiger partial charge >= 0.3 is 0 Å². The molecule has 1 amide bonds. The average Bonchev–Trinajstić information content (AvgIpc) is 2.99. The smallest absolute Gasteiger partial charge is 0.246 e. The zero-order chi connectivity index (χ0) is 19.6. The largest absolute Gasteiger partial charge is 0.352 e. The van der Waals surface area contributed by atoms with Gasteiger partial charge in [-0.05, 0) is 39.2 Å². The first kappa shape index (κ1) is 19.6. The third-order valence-corrected chi connectivity index (χ3v) is 7.19. The van der Waals surface area contributed by atoms with Crippen molar-refractivity contribution in [2.45, 2.75) is 45.1 Å². The number of piperidine rings is 1. The summed E-state index contributed by atoms with van der Waals surface area (Å²) in [7, 11) is -3.58. The summed E-state index contributed by atoms with van der Waals surface area (Å²) in [6.45, 7) is 6.58. The molecule has 1 aromatic heterocycles. The fourth-order valence-electron chi connectivity index (χ4n) is 3.56. The number of benzene rings is 1. The Labute approximate surface area is 160 Å². The number of carbonyl (C=O) groups excluding carboxylic acids is 1. The topological polar surface area (TPSA) is 95.2 Å². The van der Waals surface area contributed by atoms with Crippen molar-refractivity contribution in [1.29, 1.82) is 0 Å². The molecular formula is C19H26N4O3S. The molecule has 1 fully saturated rings. The summed E-state index contributed by atoms with van der Waals surface area (Å²) in [5.74, 6) is -0.169. The summed E-state index contributed by atoms with van der Waals surface area (Å²) < 4.78 is 27.2. The van der Waals surface area contributed by atoms with Crippen molar-refractivity contribution in [3.8, 4) is 0 Å². The van der Waals surface area contributed by atoms with E-state index in [2.05, 4.69) is 15.5 Å². The van der Waals surface area contributed by atoms with Crippen molar-refractivity contribution in [1.82, 2.24) is 19.8 Å². The average molecular weight is 391 g/mol. The van der Waals surface area contributed by atoms with Crippen molar-refractivity contribution >= 4 is 15.9 Å². The highest BCUT2D eigenvalue weighted by Gasteiger charge is 2.34. The van der Waals surface area contributed by atoms with Gasteiger partial charge in [0.05, 0.1) is 11.4 Å². The van der Waals surface area contributed by atoms with E-state index in [9.17, 15) is 13.2 Å². The predicted octanol–water partition coefficient (Wildman–Crippen LogP) is 2.05. The van der Waals surface area contributed by atoms with Crippen LogP contribution in [0, 0.1) is 26.7 Å². The third kappa shape index (κ3) is 4.22. The molecule has 2 heterocycles. The summed E-state index contributed by atoms with van der Waals surface area (Å²) in [5.41, 5.74) is 3.25. The molecule has 1 aliphatic rings. The number of rotatable bonds is 5. The highest BCUT2D eigenvalue weighted by molar-refractivity contribution is 7.89. The van der Waals surface area contributed by atoms with Crippen molar-refractivity contribution < 1.29 is 13.2 Å². The molecule has 3 rings (SSSR count). The van der Waals surface area contributed by atoms with Gasteiger partial charge in [-0.25, -0.2) is 8.42 Å². The molecule has 0 spiro atoms. The molecule has 0 aliphatic carbocycles. The minimum atomic E-state index is -3.58. The maximum Gasteiger partial charge on any atom is 0.246 e. The number of hydrogen-bond donors (Lipinski definition) is 2. The van der Waals surface area contributed by atoms with Gasteiger partial charge in [0.25, 0.3) is 0 Å². The SMILES string of the molecule is Cc1cccc(CNC(=O)C2CCN(S(=O)(=O)c3c(C)n[nH]c3C)CC2)c1. The number of amides is 1. The maximum absolute atomic E-state index is 12.9. The van der Waals surface area contributed by atoms with E-state index in [0.29, 0.717) is 43.9 Å². The predicted molar refractivity (Wildman–Crippen MR) is 103 cm³/mol. The molecule has 0 radical (unpaired) electrons. The first-order chi connectivity index (χ1) is 12.8. The van der Waals surface area contributed by atoms with Crippen LogP contribution in [0.3, 0.4) is 0 Å². The molecule has 2 aromatic rings. The van der Waals surface area contributed by atoms with E-state index in [1.54, 1.807) is 13.8 Å². The fourth-order valence-corrected chi connectivity index (χ4v) is 5.37. The third-order valence-electron chi connectivity index (χ3n) is 5.03. The van der Waals surface area contributed by atoms with E-state index in [-0.39, 0.29) is 16.7 Å². The van der Waals surface area contributed by atoms with Crippen LogP contribution >= 0.6 is 0 Å². The van der Waals surface area contributed by atoms with E-state index >= 15 is 0 Å². The van der Waals surface area contributed by atoms with Crippen LogP contribution in [0.4, 0.5) is 0 Å². The summed E-state index contributed by atoms with van der Waals surface area (Å²) in [6.07, 6.45) is 1.05. The Kier molecular flexibility index (Phi) is 5.67. The number of carbonyl (C=O) groups is 1. The van der Waals surface area contributed by atoms with Gasteiger partial charge in [-0.1, -0.05) is 29.8 Å². The van der Waals surface area contributed by atoms with Crippen LogP contribution in [-0.4, -0.2) is 41.9 Å². The van der Waals surface area contributed by atoms with E-state index in [4.69, 9.17) is 0 Å². The highest BCUT2D eigenvalue weighted by Crippen LogP contribution is 2.26. The van der Waals surface area contributed by atoms with E-state index in [0.717, 1.165) is 11.1 Å². The lowest BCUT2D eigenvalue weighted by molar-refractivity contribution is -0.126. The van der Waals surface area contributed by atoms with Gasteiger partial charge < -0.3 is 5.32 Å². The van der Waals surface area contributed by atoms with Crippen LogP contribution in [0.2, 0.25) is 0 Å². The Hall–Kier alpha value is -2.19. The molecule has 1 aromatic carbocycles. The van der Waals surface area contributed by atoms with E-state index < -0.39 is 10.0 Å². The Bertz CT molecular complexity index is 909. The zero-order valence-corrected chi connectivity index (χ0v) is 16.8. The highest BCUT2D eigenvalue weighted by atomic mass is 32.2. The van der Waals surface area contributed by atoms with Crippen molar-refractivity contribution in [3.63, 3.8) is 0 Å². The number of aromatic amines is 1. The van der Waals surface area contributed by atoms with Crippen LogP contribution < -0.4 is 5.32 Å². The van der Waals surface area contributed by atoms with E-state index in [1.807, 2.05) is 31.2 Å². The number of aryl methyl sites for hydroxylation is 3. The molecule has 0 saturated carbocycles. The monoisotopic (exact) mass is 390 g/mol. The number of nitrogens with one attached hydrogen (secondary N) is 2. The summed E-state index contributed by atoms with van der Waals surface area (Å²) >= 11 is 0. The molecule has 146 valence electrons. The number of nitrogens with zero attached hydrogens (tertiary/aromatic N) is 2. The minimum absolute atomic E-state index is 0.00998. The molecular weight excluding hydrogens is 364 g/mol. The molecule has 7 nitrogen and oxygen atoms in total. The number of aromatic nitrogens is 2. The van der Waals surface area contributed by atoms with Gasteiger partial charge in [-0.2, -0.15) is 9.40 Å². The maximum atomic E-state index is 12.9. The van der Waals surface area contributed by atoms with Gasteiger partial charge in [-0.3, -0.25) is 9.89 Å². The Morgan fingerprint density at radius 3 is 2.56 bits per heavy atom. The van der Waals surface area contributed by atoms with Gasteiger partial charge in [0, 0.05) is 25.6 Å². The van der Waals surface area contributed by atoms with Crippen LogP contribution in [0.1, 0.15) is 35.4 Å². The fraction of sp³-hybridized carbons (Fsp3) is 0.474. The van der Waals surface area contributed by atoms with Gasteiger partial charge in [-0.15, -0.1) is 0 Å². The number of H-pyrrole nitrogens is 1. The summed E-state index contributed by atoms with van der Waals surface area (Å²) in [6, 6.07) is 8.02. The first-order valence-corrected chi connectivity index (χ1v) is 10.6. The lowest BCUT2D eigenvalue weighted by Gasteiger charge is -2.30. The van der Waals surface area contributed by atoms with Crippen molar-refractivity contribution in [3.05, 3.63) is 46.8 Å². The van der Waals surface area contributed by atoms with Crippen LogP contribution in [0.15, 0.2) is 29.2 Å². The van der Waals surface area contributed by atoms with E-state index in [1.165, 1.54) is 4.31 Å². The summed E-state index contributed by atoms with van der Waals surface area (Å²) in [5, 5.41) is 9.68. The molecule has 0 bridgehead atoms. The second-order valence-electron chi connectivity index (χ2n) is 7.15. The zero-order valence-electron chi connectivity index (χ0n) is 15.9. The Morgan fingerprint density at radius 2 is 1.96 bits per heavy atom. The molecule has 8 heteroatoms. The molecule has 1 aliphatic heterocycles. The number of hydrogen-bond acceptors (Lipinski definition) is 4. The summed E-state index contributed by atoms with van der Waals surface area (Å²) in [4.78, 5) is 12.7. The second kappa shape index (κ2) is 7.82. The van der Waals surface area contributed by atoms with Gasteiger partial charge in [0.15, 0.2) is 0 Å². The van der Waals surface area contributed by atoms with Crippen LogP contribution in [-0.2, 0) is 21.4 Å². The minimum Gasteiger partial charge on any atom is -0.352 e. The Balaban J connectivity index is 1.57. The molecule has 0 unspecified atom stereocenters. The molecule has 1 saturated heterocycles. The second-order valence-corrected chi connectivity index (χ2v) is 9.02. The molecule has 0 atom stereocenters. The van der Waals surface area contributed by atoms with Crippen LogP contribution in [0.25, 0.3) is 0 Å². The van der Waals surface area contributed by atoms with Crippen molar-refractivity contribution in [2.24, 2.45) is 5.92 Å². The number of sulfonamides is 1. The first-order valence-electron chi connectivity index (χ1n) is 9.14. The standard InChI is InChI=1S/C19H26N4O3S/c1-13-5-4-6-16(11-13)12-20-19(24)17-7-9-23(10-8-17)27(25,26)18-14(2)21-22-15(18)3/h4-6,11,17H,7-10,12H2,1-3H3,(H,20,24)(H,21,22). The lowest BCUT2D eigenvalue weighted by Crippen LogP contribution is -2.43. The van der Waals surface area contributed by atoms with Gasteiger partial charge in [0.2, 0.25) is 15.9 Å².